The predicted molar refractivity (Wildman–Crippen MR) is 70.1 cm³/mol. The lowest BCUT2D eigenvalue weighted by Gasteiger charge is -2.16. The summed E-state index contributed by atoms with van der Waals surface area (Å²) in [5.74, 6) is -0.813. The highest BCUT2D eigenvalue weighted by atomic mass is 16.4. The van der Waals surface area contributed by atoms with Gasteiger partial charge in [0.25, 0.3) is 0 Å². The van der Waals surface area contributed by atoms with Crippen LogP contribution in [-0.4, -0.2) is 11.1 Å². The molecule has 0 aliphatic heterocycles. The van der Waals surface area contributed by atoms with Gasteiger partial charge in [-0.15, -0.1) is 0 Å². The van der Waals surface area contributed by atoms with Crippen molar-refractivity contribution >= 4 is 5.97 Å². The first-order valence-electron chi connectivity index (χ1n) is 6.35. The molecule has 0 saturated carbocycles. The molecule has 0 bridgehead atoms. The fraction of sp³-hybridized carbons (Fsp3) is 0.533. The molecule has 1 atom stereocenters. The summed E-state index contributed by atoms with van der Waals surface area (Å²) < 4.78 is 0. The van der Waals surface area contributed by atoms with Gasteiger partial charge in [0, 0.05) is 0 Å². The molecule has 0 amide bonds. The molecule has 1 aromatic carbocycles. The standard InChI is InChI=1S/C15H22O2/c1-4-5-12-6-8-13(9-7-12)10-14(11(2)3)15(16)17/h6-9,11,14H,4-5,10H2,1-3H3,(H,16,17). The van der Waals surface area contributed by atoms with Crippen LogP contribution in [0.25, 0.3) is 0 Å². The van der Waals surface area contributed by atoms with E-state index in [4.69, 9.17) is 5.11 Å². The fourth-order valence-corrected chi connectivity index (χ4v) is 1.99. The third-order valence-electron chi connectivity index (χ3n) is 3.14. The van der Waals surface area contributed by atoms with Crippen molar-refractivity contribution in [3.63, 3.8) is 0 Å². The van der Waals surface area contributed by atoms with Gasteiger partial charge in [-0.05, 0) is 29.9 Å². The lowest BCUT2D eigenvalue weighted by Crippen LogP contribution is -2.22. The Balaban J connectivity index is 2.70. The van der Waals surface area contributed by atoms with Crippen LogP contribution in [0.2, 0.25) is 0 Å². The second-order valence-electron chi connectivity index (χ2n) is 4.96. The van der Waals surface area contributed by atoms with Crippen molar-refractivity contribution in [2.45, 2.75) is 40.0 Å². The molecule has 0 aliphatic rings. The molecule has 0 spiro atoms. The Morgan fingerprint density at radius 2 is 1.71 bits per heavy atom. The molecule has 1 unspecified atom stereocenters. The second kappa shape index (κ2) is 6.43. The summed E-state index contributed by atoms with van der Waals surface area (Å²) >= 11 is 0. The minimum atomic E-state index is -0.697. The molecule has 0 aromatic heterocycles. The van der Waals surface area contributed by atoms with Crippen LogP contribution < -0.4 is 0 Å². The van der Waals surface area contributed by atoms with Gasteiger partial charge in [-0.25, -0.2) is 0 Å². The van der Waals surface area contributed by atoms with Crippen LogP contribution in [0.3, 0.4) is 0 Å². The topological polar surface area (TPSA) is 37.3 Å². The van der Waals surface area contributed by atoms with Crippen molar-refractivity contribution in [1.29, 1.82) is 0 Å². The van der Waals surface area contributed by atoms with Gasteiger partial charge < -0.3 is 5.11 Å². The van der Waals surface area contributed by atoms with Crippen molar-refractivity contribution in [2.24, 2.45) is 11.8 Å². The largest absolute Gasteiger partial charge is 0.481 e. The molecule has 0 radical (unpaired) electrons. The molecule has 2 nitrogen and oxygen atoms in total. The average molecular weight is 234 g/mol. The van der Waals surface area contributed by atoms with E-state index >= 15 is 0 Å². The first kappa shape index (κ1) is 13.8. The number of benzene rings is 1. The smallest absolute Gasteiger partial charge is 0.307 e. The van der Waals surface area contributed by atoms with Gasteiger partial charge >= 0.3 is 5.97 Å². The van der Waals surface area contributed by atoms with E-state index in [9.17, 15) is 4.79 Å². The van der Waals surface area contributed by atoms with Gasteiger partial charge in [-0.3, -0.25) is 4.79 Å². The SMILES string of the molecule is CCCc1ccc(CC(C(=O)O)C(C)C)cc1. The maximum Gasteiger partial charge on any atom is 0.307 e. The second-order valence-corrected chi connectivity index (χ2v) is 4.96. The summed E-state index contributed by atoms with van der Waals surface area (Å²) in [7, 11) is 0. The van der Waals surface area contributed by atoms with Crippen molar-refractivity contribution in [2.75, 3.05) is 0 Å². The molecule has 0 saturated heterocycles. The van der Waals surface area contributed by atoms with Crippen LogP contribution in [0, 0.1) is 11.8 Å². The number of carboxylic acid groups (broad SMARTS) is 1. The van der Waals surface area contributed by atoms with E-state index < -0.39 is 5.97 Å². The third-order valence-corrected chi connectivity index (χ3v) is 3.14. The van der Waals surface area contributed by atoms with Gasteiger partial charge in [-0.2, -0.15) is 0 Å². The van der Waals surface area contributed by atoms with Crippen molar-refractivity contribution in [3.05, 3.63) is 35.4 Å². The Hall–Kier alpha value is -1.31. The summed E-state index contributed by atoms with van der Waals surface area (Å²) in [5, 5.41) is 9.14. The Morgan fingerprint density at radius 1 is 1.18 bits per heavy atom. The number of rotatable bonds is 6. The van der Waals surface area contributed by atoms with Gasteiger partial charge in [0.15, 0.2) is 0 Å². The van der Waals surface area contributed by atoms with Crippen LogP contribution in [0.15, 0.2) is 24.3 Å². The Bertz CT molecular complexity index is 352. The zero-order valence-electron chi connectivity index (χ0n) is 10.9. The number of hydrogen-bond acceptors (Lipinski definition) is 1. The molecule has 1 rings (SSSR count). The first-order chi connectivity index (χ1) is 8.04. The first-order valence-corrected chi connectivity index (χ1v) is 6.35. The Labute approximate surface area is 104 Å². The minimum Gasteiger partial charge on any atom is -0.481 e. The molecule has 17 heavy (non-hydrogen) atoms. The predicted octanol–water partition coefficient (Wildman–Crippen LogP) is 3.54. The van der Waals surface area contributed by atoms with Crippen molar-refractivity contribution < 1.29 is 9.90 Å². The summed E-state index contributed by atoms with van der Waals surface area (Å²) in [6, 6.07) is 8.34. The average Bonchev–Trinajstić information content (AvgIpc) is 2.27. The summed E-state index contributed by atoms with van der Waals surface area (Å²) in [6.07, 6.45) is 2.86. The molecule has 0 fully saturated rings. The van der Waals surface area contributed by atoms with E-state index in [0.717, 1.165) is 18.4 Å². The van der Waals surface area contributed by atoms with Crippen molar-refractivity contribution in [1.82, 2.24) is 0 Å². The number of carboxylic acids is 1. The molecule has 2 heteroatoms. The molecule has 0 aliphatic carbocycles. The molecule has 94 valence electrons. The van der Waals surface area contributed by atoms with Gasteiger partial charge in [0.2, 0.25) is 0 Å². The highest BCUT2D eigenvalue weighted by Gasteiger charge is 2.21. The van der Waals surface area contributed by atoms with Crippen LogP contribution in [0.1, 0.15) is 38.3 Å². The van der Waals surface area contributed by atoms with Gasteiger partial charge in [0.1, 0.15) is 0 Å². The molecular formula is C15H22O2. The third kappa shape index (κ3) is 4.22. The van der Waals surface area contributed by atoms with E-state index in [1.807, 2.05) is 13.8 Å². The number of hydrogen-bond donors (Lipinski definition) is 1. The van der Waals surface area contributed by atoms with E-state index in [-0.39, 0.29) is 11.8 Å². The van der Waals surface area contributed by atoms with Crippen LogP contribution in [-0.2, 0) is 17.6 Å². The lowest BCUT2D eigenvalue weighted by molar-refractivity contribution is -0.143. The van der Waals surface area contributed by atoms with E-state index in [2.05, 4.69) is 31.2 Å². The number of aryl methyl sites for hydroxylation is 1. The molecule has 0 heterocycles. The minimum absolute atomic E-state index is 0.169. The van der Waals surface area contributed by atoms with Crippen molar-refractivity contribution in [3.8, 4) is 0 Å². The molecule has 1 aromatic rings. The lowest BCUT2D eigenvalue weighted by atomic mass is 9.89. The monoisotopic (exact) mass is 234 g/mol. The van der Waals surface area contributed by atoms with Crippen LogP contribution in [0.5, 0.6) is 0 Å². The highest BCUT2D eigenvalue weighted by molar-refractivity contribution is 5.70. The maximum absolute atomic E-state index is 11.1. The Morgan fingerprint density at radius 3 is 2.12 bits per heavy atom. The van der Waals surface area contributed by atoms with Gasteiger partial charge in [0.05, 0.1) is 5.92 Å². The maximum atomic E-state index is 11.1. The van der Waals surface area contributed by atoms with Gasteiger partial charge in [-0.1, -0.05) is 51.5 Å². The molecule has 1 N–H and O–H groups in total. The summed E-state index contributed by atoms with van der Waals surface area (Å²) in [5.41, 5.74) is 2.44. The number of carbonyl (C=O) groups is 1. The molecular weight excluding hydrogens is 212 g/mol. The van der Waals surface area contributed by atoms with E-state index in [1.165, 1.54) is 5.56 Å². The normalized spacial score (nSPS) is 12.7. The van der Waals surface area contributed by atoms with E-state index in [0.29, 0.717) is 6.42 Å². The zero-order chi connectivity index (χ0) is 12.8. The summed E-state index contributed by atoms with van der Waals surface area (Å²) in [6.45, 7) is 6.08. The highest BCUT2D eigenvalue weighted by Crippen LogP contribution is 2.18. The number of aliphatic carboxylic acids is 1. The van der Waals surface area contributed by atoms with Crippen LogP contribution >= 0.6 is 0 Å². The quantitative estimate of drug-likeness (QED) is 0.817. The van der Waals surface area contributed by atoms with Crippen LogP contribution in [0.4, 0.5) is 0 Å². The fourth-order valence-electron chi connectivity index (χ4n) is 1.99. The zero-order valence-corrected chi connectivity index (χ0v) is 10.9. The Kier molecular flexibility index (Phi) is 5.20. The summed E-state index contributed by atoms with van der Waals surface area (Å²) in [4.78, 5) is 11.1. The van der Waals surface area contributed by atoms with E-state index in [1.54, 1.807) is 0 Å².